The molecule has 4 heterocycles. The van der Waals surface area contributed by atoms with Crippen LogP contribution in [-0.2, 0) is 6.54 Å². The highest BCUT2D eigenvalue weighted by atomic mass is 79.9. The predicted molar refractivity (Wildman–Crippen MR) is 73.9 cm³/mol. The van der Waals surface area contributed by atoms with Gasteiger partial charge >= 0.3 is 0 Å². The zero-order chi connectivity index (χ0) is 13.3. The average Bonchev–Trinajstić information content (AvgIpc) is 2.40. The highest BCUT2D eigenvalue weighted by Gasteiger charge is 2.50. The Hall–Kier alpha value is -0.500. The van der Waals surface area contributed by atoms with Crippen LogP contribution in [0.25, 0.3) is 0 Å². The van der Waals surface area contributed by atoms with E-state index in [0.717, 1.165) is 7.11 Å². The molecule has 0 radical (unpaired) electrons. The number of hydrogen-bond acceptors (Lipinski definition) is 4. The Balaban J connectivity index is 0.000000471. The number of quaternary nitrogens is 1. The highest BCUT2D eigenvalue weighted by Crippen LogP contribution is 2.26. The Morgan fingerprint density at radius 3 is 1.85 bits per heavy atom. The Bertz CT molecular complexity index is 393. The maximum absolute atomic E-state index is 7.00. The summed E-state index contributed by atoms with van der Waals surface area (Å²) in [7, 11) is 1.00. The van der Waals surface area contributed by atoms with E-state index in [-0.39, 0.29) is 17.0 Å². The van der Waals surface area contributed by atoms with Crippen molar-refractivity contribution in [3.05, 3.63) is 35.9 Å². The molecule has 0 unspecified atom stereocenters. The Morgan fingerprint density at radius 2 is 1.40 bits per heavy atom. The quantitative estimate of drug-likeness (QED) is 0.420. The molecule has 4 aliphatic heterocycles. The molecule has 0 saturated carbocycles. The number of benzene rings is 1. The molecule has 4 saturated heterocycles. The van der Waals surface area contributed by atoms with Crippen LogP contribution in [0.2, 0.25) is 0 Å². The molecular weight excluding hydrogens is 320 g/mol. The monoisotopic (exact) mass is 342 g/mol. The average molecular weight is 343 g/mol. The first kappa shape index (κ1) is 15.9. The molecule has 0 aromatic heterocycles. The minimum atomic E-state index is 0. The number of halogens is 1. The Labute approximate surface area is 130 Å². The lowest BCUT2D eigenvalue weighted by molar-refractivity contribution is -0.960. The second-order valence-corrected chi connectivity index (χ2v) is 5.69. The zero-order valence-electron chi connectivity index (χ0n) is 11.7. The van der Waals surface area contributed by atoms with Gasteiger partial charge in [-0.25, -0.2) is 0 Å². The number of nitrogens with one attached hydrogen (secondary N) is 3. The van der Waals surface area contributed by atoms with Crippen LogP contribution in [0.5, 0.6) is 0 Å². The molecule has 5 rings (SSSR count). The molecule has 1 aromatic rings. The summed E-state index contributed by atoms with van der Waals surface area (Å²) in [6, 6.07) is 10.9. The van der Waals surface area contributed by atoms with E-state index in [2.05, 4.69) is 46.3 Å². The van der Waals surface area contributed by atoms with Gasteiger partial charge in [0.25, 0.3) is 0 Å². The van der Waals surface area contributed by atoms with Crippen LogP contribution in [0.15, 0.2) is 30.3 Å². The highest BCUT2D eigenvalue weighted by molar-refractivity contribution is 5.13. The van der Waals surface area contributed by atoms with Gasteiger partial charge in [0.2, 0.25) is 0 Å². The first-order chi connectivity index (χ1) is 9.31. The van der Waals surface area contributed by atoms with E-state index in [0.29, 0.717) is 18.5 Å². The van der Waals surface area contributed by atoms with E-state index >= 15 is 0 Å². The van der Waals surface area contributed by atoms with Crippen LogP contribution in [0.4, 0.5) is 0 Å². The van der Waals surface area contributed by atoms with E-state index in [9.17, 15) is 0 Å². The number of piperazine rings is 3. The van der Waals surface area contributed by atoms with Gasteiger partial charge in [-0.2, -0.15) is 0 Å². The lowest BCUT2D eigenvalue weighted by Crippen LogP contribution is -3.00. The van der Waals surface area contributed by atoms with Crippen molar-refractivity contribution in [1.82, 2.24) is 16.0 Å². The molecule has 4 N–H and O–H groups in total. The number of aliphatic hydroxyl groups excluding tert-OH is 1. The molecule has 4 aliphatic rings. The second-order valence-electron chi connectivity index (χ2n) is 5.69. The molecule has 0 amide bonds. The van der Waals surface area contributed by atoms with Gasteiger partial charge in [0, 0.05) is 12.7 Å². The molecule has 4 bridgehead atoms. The molecule has 20 heavy (non-hydrogen) atoms. The molecule has 0 aliphatic carbocycles. The van der Waals surface area contributed by atoms with Crippen molar-refractivity contribution in [2.75, 3.05) is 26.7 Å². The van der Waals surface area contributed by atoms with Crippen molar-refractivity contribution in [1.29, 1.82) is 0 Å². The number of rotatable bonds is 2. The van der Waals surface area contributed by atoms with E-state index in [1.807, 2.05) is 0 Å². The van der Waals surface area contributed by atoms with Crippen LogP contribution in [0.1, 0.15) is 5.56 Å². The molecule has 0 atom stereocenters. The van der Waals surface area contributed by atoms with Gasteiger partial charge in [-0.1, -0.05) is 30.3 Å². The van der Waals surface area contributed by atoms with E-state index in [1.165, 1.54) is 36.2 Å². The standard InChI is InChI=1S/C13H19N4.CH4O.BrH/c1-2-4-10(5-3-1)6-17-7-11-14-12(8-17)16-13(9-17)15-11;1-2;/h1-5,11-16H,6-9H2;2H,1H3;1H/q+1;;/p-1. The summed E-state index contributed by atoms with van der Waals surface area (Å²) in [5.74, 6) is 0. The summed E-state index contributed by atoms with van der Waals surface area (Å²) in [6.45, 7) is 4.81. The van der Waals surface area contributed by atoms with E-state index in [1.54, 1.807) is 0 Å². The minimum absolute atomic E-state index is 0. The molecule has 6 heteroatoms. The number of hydrogen-bond donors (Lipinski definition) is 4. The van der Waals surface area contributed by atoms with Crippen LogP contribution >= 0.6 is 0 Å². The van der Waals surface area contributed by atoms with Crippen LogP contribution in [0, 0.1) is 0 Å². The third kappa shape index (κ3) is 3.05. The molecule has 112 valence electrons. The summed E-state index contributed by atoms with van der Waals surface area (Å²) in [5, 5.41) is 17.8. The fraction of sp³-hybridized carbons (Fsp3) is 0.571. The van der Waals surface area contributed by atoms with Gasteiger partial charge in [0.15, 0.2) is 0 Å². The maximum atomic E-state index is 7.00. The fourth-order valence-electron chi connectivity index (χ4n) is 3.74. The summed E-state index contributed by atoms with van der Waals surface area (Å²) in [6.07, 6.45) is 1.49. The Kier molecular flexibility index (Phi) is 5.17. The van der Waals surface area contributed by atoms with Gasteiger partial charge in [0.05, 0.1) is 0 Å². The van der Waals surface area contributed by atoms with Crippen molar-refractivity contribution in [3.8, 4) is 0 Å². The van der Waals surface area contributed by atoms with Crippen molar-refractivity contribution < 1.29 is 26.6 Å². The third-order valence-corrected chi connectivity index (χ3v) is 4.28. The first-order valence-electron chi connectivity index (χ1n) is 6.93. The summed E-state index contributed by atoms with van der Waals surface area (Å²) in [4.78, 5) is 0. The first-order valence-corrected chi connectivity index (χ1v) is 6.93. The second kappa shape index (κ2) is 6.51. The van der Waals surface area contributed by atoms with E-state index < -0.39 is 0 Å². The van der Waals surface area contributed by atoms with Gasteiger partial charge in [0.1, 0.15) is 44.7 Å². The largest absolute Gasteiger partial charge is 1.00 e. The van der Waals surface area contributed by atoms with Gasteiger partial charge in [-0.15, -0.1) is 0 Å². The third-order valence-electron chi connectivity index (χ3n) is 4.28. The molecule has 1 aromatic carbocycles. The van der Waals surface area contributed by atoms with Crippen molar-refractivity contribution in [2.24, 2.45) is 0 Å². The van der Waals surface area contributed by atoms with Crippen LogP contribution < -0.4 is 32.9 Å². The minimum Gasteiger partial charge on any atom is -1.00 e. The lowest BCUT2D eigenvalue weighted by Gasteiger charge is -2.58. The Morgan fingerprint density at radius 1 is 0.950 bits per heavy atom. The SMILES string of the molecule is CO.[Br-].c1ccc(C[N+]23CC4NC(C2)NC(C3)N4)cc1. The summed E-state index contributed by atoms with van der Waals surface area (Å²) >= 11 is 0. The van der Waals surface area contributed by atoms with Gasteiger partial charge < -0.3 is 26.6 Å². The van der Waals surface area contributed by atoms with Crippen LogP contribution in [-0.4, -0.2) is 54.8 Å². The van der Waals surface area contributed by atoms with Crippen molar-refractivity contribution in [2.45, 2.75) is 25.0 Å². The number of aliphatic hydroxyl groups is 1. The van der Waals surface area contributed by atoms with Gasteiger partial charge in [-0.3, -0.25) is 16.0 Å². The molecule has 5 nitrogen and oxygen atoms in total. The number of nitrogens with zero attached hydrogens (tertiary/aromatic N) is 1. The smallest absolute Gasteiger partial charge is 0.111 e. The fourth-order valence-corrected chi connectivity index (χ4v) is 3.74. The van der Waals surface area contributed by atoms with Crippen LogP contribution in [0.3, 0.4) is 0 Å². The van der Waals surface area contributed by atoms with E-state index in [4.69, 9.17) is 5.11 Å². The normalized spacial score (nSPS) is 36.8. The molecule has 0 spiro atoms. The molecule has 4 fully saturated rings. The maximum Gasteiger partial charge on any atom is 0.111 e. The molecular formula is C14H23BrN4O. The van der Waals surface area contributed by atoms with Gasteiger partial charge in [-0.05, 0) is 0 Å². The topological polar surface area (TPSA) is 56.3 Å². The van der Waals surface area contributed by atoms with Crippen molar-refractivity contribution in [3.63, 3.8) is 0 Å². The summed E-state index contributed by atoms with van der Waals surface area (Å²) in [5.41, 5.74) is 1.47. The summed E-state index contributed by atoms with van der Waals surface area (Å²) < 4.78 is 1.23. The zero-order valence-corrected chi connectivity index (χ0v) is 13.3. The lowest BCUT2D eigenvalue weighted by atomic mass is 10.0. The predicted octanol–water partition coefficient (Wildman–Crippen LogP) is -3.60. The van der Waals surface area contributed by atoms with Crippen molar-refractivity contribution >= 4 is 0 Å².